The van der Waals surface area contributed by atoms with E-state index in [1.807, 2.05) is 13.8 Å². The first-order chi connectivity index (χ1) is 9.65. The molecule has 0 saturated carbocycles. The van der Waals surface area contributed by atoms with Crippen molar-refractivity contribution >= 4 is 17.7 Å². The Morgan fingerprint density at radius 1 is 1.25 bits per heavy atom. The maximum absolute atomic E-state index is 8.77. The average molecular weight is 291 g/mol. The van der Waals surface area contributed by atoms with Crippen molar-refractivity contribution in [3.05, 3.63) is 28.3 Å². The number of benzene rings is 1. The van der Waals surface area contributed by atoms with Gasteiger partial charge in [0, 0.05) is 0 Å². The van der Waals surface area contributed by atoms with E-state index < -0.39 is 0 Å². The molecular weight excluding hydrogens is 276 g/mol. The lowest BCUT2D eigenvalue weighted by molar-refractivity contribution is 0.277. The maximum atomic E-state index is 8.77. The van der Waals surface area contributed by atoms with E-state index >= 15 is 0 Å². The quantitative estimate of drug-likeness (QED) is 0.744. The molecule has 0 aliphatic heterocycles. The van der Waals surface area contributed by atoms with Crippen molar-refractivity contribution in [1.82, 2.24) is 0 Å². The van der Waals surface area contributed by atoms with Gasteiger partial charge < -0.3 is 9.47 Å². The van der Waals surface area contributed by atoms with Crippen molar-refractivity contribution in [3.63, 3.8) is 0 Å². The lowest BCUT2D eigenvalue weighted by atomic mass is 10.1. The first-order valence-corrected chi connectivity index (χ1v) is 6.65. The van der Waals surface area contributed by atoms with Crippen LogP contribution in [0.5, 0.6) is 11.5 Å². The molecule has 0 aliphatic rings. The monoisotopic (exact) mass is 290 g/mol. The molecule has 20 heavy (non-hydrogen) atoms. The molecule has 0 aromatic heterocycles. The Morgan fingerprint density at radius 2 is 1.95 bits per heavy atom. The van der Waals surface area contributed by atoms with Gasteiger partial charge in [0.1, 0.15) is 17.7 Å². The van der Waals surface area contributed by atoms with E-state index in [2.05, 4.69) is 0 Å². The minimum atomic E-state index is 0.00532. The SMILES string of the molecule is CCCOc1c(Cl)cc(C=C(C#N)C#N)cc1OCC. The molecule has 0 N–H and O–H groups in total. The molecule has 0 atom stereocenters. The lowest BCUT2D eigenvalue weighted by Crippen LogP contribution is -2.01. The summed E-state index contributed by atoms with van der Waals surface area (Å²) >= 11 is 6.18. The van der Waals surface area contributed by atoms with Gasteiger partial charge in [0.15, 0.2) is 11.5 Å². The fourth-order valence-electron chi connectivity index (χ4n) is 1.53. The third kappa shape index (κ3) is 4.19. The van der Waals surface area contributed by atoms with Gasteiger partial charge in [-0.1, -0.05) is 18.5 Å². The second-order valence-corrected chi connectivity index (χ2v) is 4.30. The van der Waals surface area contributed by atoms with Gasteiger partial charge in [-0.3, -0.25) is 0 Å². The molecule has 4 nitrogen and oxygen atoms in total. The summed E-state index contributed by atoms with van der Waals surface area (Å²) < 4.78 is 11.1. The minimum Gasteiger partial charge on any atom is -0.490 e. The van der Waals surface area contributed by atoms with Crippen LogP contribution in [0.1, 0.15) is 25.8 Å². The van der Waals surface area contributed by atoms with Crippen LogP contribution in [0.15, 0.2) is 17.7 Å². The molecule has 0 fully saturated rings. The zero-order valence-corrected chi connectivity index (χ0v) is 12.2. The van der Waals surface area contributed by atoms with E-state index in [0.29, 0.717) is 35.3 Å². The predicted octanol–water partition coefficient (Wildman–Crippen LogP) is 3.96. The molecule has 0 heterocycles. The van der Waals surface area contributed by atoms with E-state index in [-0.39, 0.29) is 5.57 Å². The molecule has 1 aromatic carbocycles. The van der Waals surface area contributed by atoms with Gasteiger partial charge in [-0.2, -0.15) is 10.5 Å². The third-order valence-electron chi connectivity index (χ3n) is 2.33. The summed E-state index contributed by atoms with van der Waals surface area (Å²) in [6.45, 7) is 4.86. The molecule has 0 unspecified atom stereocenters. The molecule has 0 aliphatic carbocycles. The highest BCUT2D eigenvalue weighted by Gasteiger charge is 2.12. The van der Waals surface area contributed by atoms with Crippen LogP contribution >= 0.6 is 11.6 Å². The van der Waals surface area contributed by atoms with Gasteiger partial charge in [-0.25, -0.2) is 0 Å². The number of hydrogen-bond donors (Lipinski definition) is 0. The molecule has 104 valence electrons. The Morgan fingerprint density at radius 3 is 2.50 bits per heavy atom. The second-order valence-electron chi connectivity index (χ2n) is 3.89. The van der Waals surface area contributed by atoms with Gasteiger partial charge in [0.25, 0.3) is 0 Å². The van der Waals surface area contributed by atoms with E-state index in [1.54, 1.807) is 24.3 Å². The second kappa shape index (κ2) is 8.09. The van der Waals surface area contributed by atoms with Gasteiger partial charge in [-0.05, 0) is 37.1 Å². The van der Waals surface area contributed by atoms with Crippen LogP contribution in [0, 0.1) is 22.7 Å². The highest BCUT2D eigenvalue weighted by molar-refractivity contribution is 6.32. The van der Waals surface area contributed by atoms with E-state index in [4.69, 9.17) is 31.6 Å². The van der Waals surface area contributed by atoms with Crippen LogP contribution in [-0.4, -0.2) is 13.2 Å². The molecule has 5 heteroatoms. The van der Waals surface area contributed by atoms with Crippen LogP contribution < -0.4 is 9.47 Å². The fraction of sp³-hybridized carbons (Fsp3) is 0.333. The number of allylic oxidation sites excluding steroid dienone is 1. The fourth-order valence-corrected chi connectivity index (χ4v) is 1.81. The first kappa shape index (κ1) is 15.9. The summed E-state index contributed by atoms with van der Waals surface area (Å²) in [7, 11) is 0. The third-order valence-corrected chi connectivity index (χ3v) is 2.61. The van der Waals surface area contributed by atoms with Crippen molar-refractivity contribution in [1.29, 1.82) is 10.5 Å². The number of hydrogen-bond acceptors (Lipinski definition) is 4. The molecule has 1 rings (SSSR count). The van der Waals surface area contributed by atoms with Gasteiger partial charge in [0.05, 0.1) is 18.2 Å². The van der Waals surface area contributed by atoms with E-state index in [1.165, 1.54) is 6.08 Å². The standard InChI is InChI=1S/C15H15ClN2O2/c1-3-5-20-15-13(16)7-11(6-12(9-17)10-18)8-14(15)19-4-2/h6-8H,3-5H2,1-2H3. The molecule has 0 radical (unpaired) electrons. The number of nitrogens with zero attached hydrogens (tertiary/aromatic N) is 2. The van der Waals surface area contributed by atoms with Crippen LogP contribution in [0.25, 0.3) is 6.08 Å². The molecule has 0 saturated heterocycles. The van der Waals surface area contributed by atoms with Crippen LogP contribution in [0.4, 0.5) is 0 Å². The Hall–Kier alpha value is -2.17. The van der Waals surface area contributed by atoms with Gasteiger partial charge >= 0.3 is 0 Å². The first-order valence-electron chi connectivity index (χ1n) is 6.27. The van der Waals surface area contributed by atoms with E-state index in [0.717, 1.165) is 6.42 Å². The van der Waals surface area contributed by atoms with Crippen molar-refractivity contribution in [2.24, 2.45) is 0 Å². The maximum Gasteiger partial charge on any atom is 0.179 e. The predicted molar refractivity (Wildman–Crippen MR) is 77.6 cm³/mol. The summed E-state index contributed by atoms with van der Waals surface area (Å²) in [4.78, 5) is 0. The smallest absolute Gasteiger partial charge is 0.179 e. The number of halogens is 1. The molecule has 0 bridgehead atoms. The Kier molecular flexibility index (Phi) is 6.43. The summed E-state index contributed by atoms with van der Waals surface area (Å²) in [5.74, 6) is 0.998. The molecule has 1 aromatic rings. The van der Waals surface area contributed by atoms with Crippen LogP contribution in [0.3, 0.4) is 0 Å². The molecule has 0 amide bonds. The van der Waals surface area contributed by atoms with Crippen molar-refractivity contribution in [2.75, 3.05) is 13.2 Å². The molecular formula is C15H15ClN2O2. The highest BCUT2D eigenvalue weighted by Crippen LogP contribution is 2.37. The topological polar surface area (TPSA) is 66.0 Å². The van der Waals surface area contributed by atoms with Crippen molar-refractivity contribution < 1.29 is 9.47 Å². The Balaban J connectivity index is 3.23. The average Bonchev–Trinajstić information content (AvgIpc) is 2.44. The highest BCUT2D eigenvalue weighted by atomic mass is 35.5. The van der Waals surface area contributed by atoms with Crippen LogP contribution in [0.2, 0.25) is 5.02 Å². The minimum absolute atomic E-state index is 0.00532. The Labute approximate surface area is 123 Å². The van der Waals surface area contributed by atoms with Crippen molar-refractivity contribution in [3.8, 4) is 23.6 Å². The summed E-state index contributed by atoms with van der Waals surface area (Å²) in [6.07, 6.45) is 2.31. The number of rotatable bonds is 6. The van der Waals surface area contributed by atoms with Crippen LogP contribution in [-0.2, 0) is 0 Å². The summed E-state index contributed by atoms with van der Waals surface area (Å²) in [5, 5.41) is 17.9. The summed E-state index contributed by atoms with van der Waals surface area (Å²) in [6, 6.07) is 6.96. The summed E-state index contributed by atoms with van der Waals surface area (Å²) in [5.41, 5.74) is 0.631. The lowest BCUT2D eigenvalue weighted by Gasteiger charge is -2.14. The number of ether oxygens (including phenoxy) is 2. The Bertz CT molecular complexity index is 567. The van der Waals surface area contributed by atoms with E-state index in [9.17, 15) is 0 Å². The number of nitriles is 2. The van der Waals surface area contributed by atoms with Crippen molar-refractivity contribution in [2.45, 2.75) is 20.3 Å². The largest absolute Gasteiger partial charge is 0.490 e. The zero-order chi connectivity index (χ0) is 15.0. The normalized spacial score (nSPS) is 9.25. The molecule has 0 spiro atoms. The van der Waals surface area contributed by atoms with Gasteiger partial charge in [-0.15, -0.1) is 0 Å². The zero-order valence-electron chi connectivity index (χ0n) is 11.4. The van der Waals surface area contributed by atoms with Gasteiger partial charge in [0.2, 0.25) is 0 Å².